The quantitative estimate of drug-likeness (QED) is 0.418. The first-order valence-electron chi connectivity index (χ1n) is 9.42. The summed E-state index contributed by atoms with van der Waals surface area (Å²) in [5.41, 5.74) is -0.994. The van der Waals surface area contributed by atoms with Crippen molar-refractivity contribution in [3.8, 4) is 0 Å². The molecule has 0 radical (unpaired) electrons. The summed E-state index contributed by atoms with van der Waals surface area (Å²) in [6.07, 6.45) is 1.14. The number of furan rings is 1. The van der Waals surface area contributed by atoms with Crippen LogP contribution in [0.5, 0.6) is 0 Å². The Hall–Kier alpha value is -4.54. The molecule has 32 heavy (non-hydrogen) atoms. The Bertz CT molecular complexity index is 1500. The first-order valence-corrected chi connectivity index (χ1v) is 9.42. The molecule has 1 aliphatic rings. The summed E-state index contributed by atoms with van der Waals surface area (Å²) in [6.45, 7) is 1.63. The summed E-state index contributed by atoms with van der Waals surface area (Å²) in [6, 6.07) is 7.10. The van der Waals surface area contributed by atoms with Gasteiger partial charge in [-0.25, -0.2) is 9.37 Å². The zero-order valence-electron chi connectivity index (χ0n) is 16.4. The van der Waals surface area contributed by atoms with Crippen molar-refractivity contribution in [3.63, 3.8) is 0 Å². The third-order valence-corrected chi connectivity index (χ3v) is 5.13. The number of carbonyl (C=O) groups excluding carboxylic acids is 2. The van der Waals surface area contributed by atoms with E-state index in [1.165, 1.54) is 24.3 Å². The zero-order chi connectivity index (χ0) is 22.6. The summed E-state index contributed by atoms with van der Waals surface area (Å²) in [7, 11) is 0. The topological polar surface area (TPSA) is 145 Å². The number of hydrogen-bond donors (Lipinski definition) is 3. The Morgan fingerprint density at radius 3 is 2.69 bits per heavy atom. The lowest BCUT2D eigenvalue weighted by Gasteiger charge is -2.24. The molecular weight excluding hydrogens is 421 g/mol. The fourth-order valence-corrected chi connectivity index (χ4v) is 3.68. The normalized spacial score (nSPS) is 16.4. The van der Waals surface area contributed by atoms with Gasteiger partial charge in [0.2, 0.25) is 11.7 Å². The number of halogens is 1. The molecule has 4 aromatic rings. The van der Waals surface area contributed by atoms with E-state index in [-0.39, 0.29) is 34.0 Å². The number of amides is 1. The predicted octanol–water partition coefficient (Wildman–Crippen LogP) is 2.47. The number of hydrogen-bond acceptors (Lipinski definition) is 7. The van der Waals surface area contributed by atoms with Crippen molar-refractivity contribution < 1.29 is 23.5 Å². The predicted molar refractivity (Wildman–Crippen MR) is 109 cm³/mol. The van der Waals surface area contributed by atoms with Crippen molar-refractivity contribution in [1.82, 2.24) is 19.9 Å². The summed E-state index contributed by atoms with van der Waals surface area (Å²) < 4.78 is 20.2. The summed E-state index contributed by atoms with van der Waals surface area (Å²) in [5, 5.41) is 10.7. The number of rotatable bonds is 4. The van der Waals surface area contributed by atoms with E-state index >= 15 is 0 Å². The largest absolute Gasteiger partial charge is 0.503 e. The number of aromatic amines is 2. The number of aliphatic hydroxyl groups excluding tert-OH is 1. The highest BCUT2D eigenvalue weighted by Crippen LogP contribution is 2.42. The van der Waals surface area contributed by atoms with Crippen molar-refractivity contribution in [1.29, 1.82) is 0 Å². The number of benzene rings is 1. The van der Waals surface area contributed by atoms with Gasteiger partial charge in [0, 0.05) is 5.56 Å². The van der Waals surface area contributed by atoms with E-state index in [4.69, 9.17) is 4.42 Å². The van der Waals surface area contributed by atoms with Gasteiger partial charge in [-0.15, -0.1) is 0 Å². The second-order valence-corrected chi connectivity index (χ2v) is 7.09. The smallest absolute Gasteiger partial charge is 0.296 e. The molecular formula is C21H14FN5O5. The van der Waals surface area contributed by atoms with E-state index in [2.05, 4.69) is 19.9 Å². The number of H-pyrrole nitrogens is 2. The molecule has 3 N–H and O–H groups in total. The van der Waals surface area contributed by atoms with Crippen LogP contribution in [0.3, 0.4) is 0 Å². The molecule has 1 unspecified atom stereocenters. The van der Waals surface area contributed by atoms with Crippen molar-refractivity contribution in [2.24, 2.45) is 0 Å². The third kappa shape index (κ3) is 2.82. The van der Waals surface area contributed by atoms with Gasteiger partial charge in [-0.1, -0.05) is 18.2 Å². The van der Waals surface area contributed by atoms with Crippen LogP contribution in [0.1, 0.15) is 27.9 Å². The first-order chi connectivity index (χ1) is 15.4. The number of nitrogens with one attached hydrogen (secondary N) is 2. The second kappa shape index (κ2) is 7.01. The van der Waals surface area contributed by atoms with Gasteiger partial charge in [0.15, 0.2) is 22.7 Å². The lowest BCUT2D eigenvalue weighted by Crippen LogP contribution is -2.32. The fourth-order valence-electron chi connectivity index (χ4n) is 3.68. The van der Waals surface area contributed by atoms with Gasteiger partial charge in [-0.3, -0.25) is 19.3 Å². The summed E-state index contributed by atoms with van der Waals surface area (Å²) in [4.78, 5) is 52.4. The van der Waals surface area contributed by atoms with Gasteiger partial charge in [0.1, 0.15) is 17.6 Å². The van der Waals surface area contributed by atoms with Gasteiger partial charge in [-0.2, -0.15) is 4.98 Å². The number of fused-ring (bicyclic) bond motifs is 1. The Balaban J connectivity index is 1.72. The van der Waals surface area contributed by atoms with Crippen LogP contribution in [-0.2, 0) is 4.79 Å². The number of carbonyl (C=O) groups is 2. The van der Waals surface area contributed by atoms with Crippen molar-refractivity contribution in [2.45, 2.75) is 13.0 Å². The molecule has 0 aliphatic carbocycles. The van der Waals surface area contributed by atoms with Crippen molar-refractivity contribution in [2.75, 3.05) is 4.90 Å². The van der Waals surface area contributed by atoms with Gasteiger partial charge in [0.25, 0.3) is 11.5 Å². The number of nitrogens with zero attached hydrogens (tertiary/aromatic N) is 3. The fraction of sp³-hybridized carbons (Fsp3) is 0.0952. The standard InChI is InChI=1S/C21H14FN5O5/c1-9-6-7-12(32-9)16(28)13-15(10-4-2-3-5-11(10)22)27(20(31)17(13)29)21-25-14-18(26-21)23-8-24-19(14)30/h2-8,15,29H,1H3,(H2,23,24,25,26,30). The maximum Gasteiger partial charge on any atom is 0.296 e. The Kier molecular flexibility index (Phi) is 4.26. The molecule has 0 saturated heterocycles. The molecule has 0 saturated carbocycles. The van der Waals surface area contributed by atoms with Crippen LogP contribution in [0.2, 0.25) is 0 Å². The third-order valence-electron chi connectivity index (χ3n) is 5.13. The minimum Gasteiger partial charge on any atom is -0.503 e. The molecule has 0 fully saturated rings. The summed E-state index contributed by atoms with van der Waals surface area (Å²) in [5.74, 6) is -3.24. The highest BCUT2D eigenvalue weighted by molar-refractivity contribution is 6.20. The second-order valence-electron chi connectivity index (χ2n) is 7.09. The van der Waals surface area contributed by atoms with E-state index in [9.17, 15) is 23.9 Å². The van der Waals surface area contributed by atoms with E-state index in [0.29, 0.717) is 5.76 Å². The molecule has 4 heterocycles. The van der Waals surface area contributed by atoms with Crippen LogP contribution < -0.4 is 10.5 Å². The first kappa shape index (κ1) is 19.4. The van der Waals surface area contributed by atoms with Crippen molar-refractivity contribution >= 4 is 28.8 Å². The molecule has 0 spiro atoms. The highest BCUT2D eigenvalue weighted by atomic mass is 19.1. The Labute approximate surface area is 178 Å². The molecule has 1 amide bonds. The number of imidazole rings is 1. The van der Waals surface area contributed by atoms with E-state index in [0.717, 1.165) is 17.3 Å². The van der Waals surface area contributed by atoms with Crippen LogP contribution in [0.4, 0.5) is 10.3 Å². The van der Waals surface area contributed by atoms with E-state index in [1.54, 1.807) is 13.0 Å². The highest BCUT2D eigenvalue weighted by Gasteiger charge is 2.47. The lowest BCUT2D eigenvalue weighted by atomic mass is 9.95. The SMILES string of the molecule is Cc1ccc(C(=O)C2=C(O)C(=O)N(c3nc4nc[nH]c(=O)c4[nH]3)C2c2ccccc2F)o1. The molecule has 11 heteroatoms. The number of aromatic nitrogens is 4. The molecule has 10 nitrogen and oxygen atoms in total. The van der Waals surface area contributed by atoms with Gasteiger partial charge in [-0.05, 0) is 25.1 Å². The average molecular weight is 435 g/mol. The number of aliphatic hydroxyl groups is 1. The van der Waals surface area contributed by atoms with Crippen LogP contribution in [0.25, 0.3) is 11.2 Å². The Morgan fingerprint density at radius 1 is 1.22 bits per heavy atom. The van der Waals surface area contributed by atoms with Crippen LogP contribution in [0.15, 0.2) is 63.3 Å². The molecule has 1 aliphatic heterocycles. The van der Waals surface area contributed by atoms with Gasteiger partial charge in [0.05, 0.1) is 11.9 Å². The number of ketones is 1. The lowest BCUT2D eigenvalue weighted by molar-refractivity contribution is -0.117. The van der Waals surface area contributed by atoms with Crippen LogP contribution >= 0.6 is 0 Å². The molecule has 1 atom stereocenters. The van der Waals surface area contributed by atoms with Crippen molar-refractivity contribution in [3.05, 3.63) is 87.3 Å². The maximum atomic E-state index is 14.8. The Morgan fingerprint density at radius 2 is 2.00 bits per heavy atom. The molecule has 160 valence electrons. The summed E-state index contributed by atoms with van der Waals surface area (Å²) >= 11 is 0. The van der Waals surface area contributed by atoms with E-state index in [1.807, 2.05) is 0 Å². The zero-order valence-corrected chi connectivity index (χ0v) is 16.4. The van der Waals surface area contributed by atoms with Crippen LogP contribution in [0, 0.1) is 12.7 Å². The minimum atomic E-state index is -1.37. The monoisotopic (exact) mass is 435 g/mol. The van der Waals surface area contributed by atoms with Gasteiger partial charge >= 0.3 is 0 Å². The molecule has 1 aromatic carbocycles. The maximum absolute atomic E-state index is 14.8. The number of aryl methyl sites for hydroxylation is 1. The van der Waals surface area contributed by atoms with Gasteiger partial charge < -0.3 is 19.5 Å². The molecule has 3 aromatic heterocycles. The minimum absolute atomic E-state index is 0.00441. The molecule has 0 bridgehead atoms. The van der Waals surface area contributed by atoms with E-state index < -0.39 is 34.9 Å². The van der Waals surface area contributed by atoms with Crippen LogP contribution in [-0.4, -0.2) is 36.7 Å². The number of anilines is 1. The number of Topliss-reactive ketones (excluding diaryl/α,β-unsaturated/α-hetero) is 1. The average Bonchev–Trinajstić information content (AvgIpc) is 3.46. The molecule has 5 rings (SSSR count).